The first-order valence-electron chi connectivity index (χ1n) is 10.1. The van der Waals surface area contributed by atoms with Crippen LogP contribution in [0.5, 0.6) is 5.88 Å². The van der Waals surface area contributed by atoms with Crippen LogP contribution in [-0.4, -0.2) is 53.2 Å². The molecule has 2 rings (SSSR count). The van der Waals surface area contributed by atoms with Gasteiger partial charge < -0.3 is 19.7 Å². The van der Waals surface area contributed by atoms with Crippen molar-refractivity contribution in [1.82, 2.24) is 15.2 Å². The number of pyridine rings is 1. The molecule has 1 aromatic rings. The number of nitrogens with one attached hydrogen (secondary N) is 1. The molecule has 2 amide bonds. The predicted molar refractivity (Wildman–Crippen MR) is 112 cm³/mol. The highest BCUT2D eigenvalue weighted by molar-refractivity contribution is 5.82. The van der Waals surface area contributed by atoms with E-state index in [9.17, 15) is 9.59 Å². The summed E-state index contributed by atoms with van der Waals surface area (Å²) in [5.41, 5.74) is 0.733. The van der Waals surface area contributed by atoms with Crippen molar-refractivity contribution >= 4 is 12.0 Å². The Hall–Kier alpha value is -2.31. The lowest BCUT2D eigenvalue weighted by atomic mass is 9.92. The SMILES string of the molecule is Cc1cnc(OCC(C)(C)C(=O)NC2CN(C(=O)OC(C)(C)C)CC2C)c(C)c1. The normalized spacial score (nSPS) is 19.8. The van der Waals surface area contributed by atoms with Crippen LogP contribution in [0.3, 0.4) is 0 Å². The largest absolute Gasteiger partial charge is 0.476 e. The number of aromatic nitrogens is 1. The van der Waals surface area contributed by atoms with Crippen molar-refractivity contribution < 1.29 is 19.1 Å². The smallest absolute Gasteiger partial charge is 0.410 e. The first-order chi connectivity index (χ1) is 13.3. The van der Waals surface area contributed by atoms with Crippen molar-refractivity contribution in [2.45, 2.75) is 67.0 Å². The summed E-state index contributed by atoms with van der Waals surface area (Å²) < 4.78 is 11.3. The molecule has 1 aliphatic rings. The number of aryl methyl sites for hydroxylation is 2. The van der Waals surface area contributed by atoms with E-state index in [-0.39, 0.29) is 30.6 Å². The van der Waals surface area contributed by atoms with Gasteiger partial charge in [0, 0.05) is 24.8 Å². The molecule has 0 spiro atoms. The molecule has 0 aliphatic carbocycles. The number of carbonyl (C=O) groups is 2. The average molecular weight is 406 g/mol. The Morgan fingerprint density at radius 1 is 1.21 bits per heavy atom. The third-order valence-corrected chi connectivity index (χ3v) is 4.93. The zero-order valence-electron chi connectivity index (χ0n) is 19.0. The molecule has 2 unspecified atom stereocenters. The summed E-state index contributed by atoms with van der Waals surface area (Å²) in [7, 11) is 0. The first-order valence-corrected chi connectivity index (χ1v) is 10.1. The standard InChI is InChI=1S/C22H35N3O4/c1-14-9-15(2)18(23-10-14)28-13-22(7,8)19(26)24-17-12-25(11-16(17)3)20(27)29-21(4,5)6/h9-10,16-17H,11-13H2,1-8H3,(H,24,26). The quantitative estimate of drug-likeness (QED) is 0.811. The Bertz CT molecular complexity index is 755. The van der Waals surface area contributed by atoms with Crippen LogP contribution in [0.15, 0.2) is 12.3 Å². The van der Waals surface area contributed by atoms with Crippen LogP contribution < -0.4 is 10.1 Å². The molecule has 0 saturated carbocycles. The second-order valence-electron chi connectivity index (χ2n) is 9.75. The molecular formula is C22H35N3O4. The maximum atomic E-state index is 12.9. The van der Waals surface area contributed by atoms with Crippen molar-refractivity contribution in [2.75, 3.05) is 19.7 Å². The van der Waals surface area contributed by atoms with Crippen LogP contribution in [-0.2, 0) is 9.53 Å². The van der Waals surface area contributed by atoms with Gasteiger partial charge in [0.2, 0.25) is 11.8 Å². The van der Waals surface area contributed by atoms with Crippen molar-refractivity contribution in [2.24, 2.45) is 11.3 Å². The zero-order chi connectivity index (χ0) is 22.0. The summed E-state index contributed by atoms with van der Waals surface area (Å²) in [4.78, 5) is 31.2. The Kier molecular flexibility index (Phi) is 6.81. The van der Waals surface area contributed by atoms with Gasteiger partial charge in [0.1, 0.15) is 12.2 Å². The predicted octanol–water partition coefficient (Wildman–Crippen LogP) is 3.48. The molecule has 1 saturated heterocycles. The number of nitrogens with zero attached hydrogens (tertiary/aromatic N) is 2. The fourth-order valence-electron chi connectivity index (χ4n) is 3.16. The molecule has 0 aromatic carbocycles. The highest BCUT2D eigenvalue weighted by atomic mass is 16.6. The second-order valence-corrected chi connectivity index (χ2v) is 9.75. The number of amides is 2. The van der Waals surface area contributed by atoms with Gasteiger partial charge in [-0.15, -0.1) is 0 Å². The highest BCUT2D eigenvalue weighted by Gasteiger charge is 2.38. The zero-order valence-corrected chi connectivity index (χ0v) is 19.0. The molecule has 1 aromatic heterocycles. The minimum atomic E-state index is -0.738. The number of ether oxygens (including phenoxy) is 2. The van der Waals surface area contributed by atoms with Gasteiger partial charge in [0.05, 0.1) is 11.5 Å². The first kappa shape index (κ1) is 23.0. The second kappa shape index (κ2) is 8.59. The number of rotatable bonds is 5. The third-order valence-electron chi connectivity index (χ3n) is 4.93. The van der Waals surface area contributed by atoms with Crippen LogP contribution in [0, 0.1) is 25.2 Å². The maximum absolute atomic E-state index is 12.9. The van der Waals surface area contributed by atoms with E-state index in [4.69, 9.17) is 9.47 Å². The van der Waals surface area contributed by atoms with Crippen molar-refractivity contribution in [3.63, 3.8) is 0 Å². The van der Waals surface area contributed by atoms with Crippen LogP contribution in [0.4, 0.5) is 4.79 Å². The van der Waals surface area contributed by atoms with Crippen LogP contribution in [0.2, 0.25) is 0 Å². The minimum absolute atomic E-state index is 0.106. The van der Waals surface area contributed by atoms with Crippen LogP contribution in [0.25, 0.3) is 0 Å². The van der Waals surface area contributed by atoms with E-state index in [0.29, 0.717) is 19.0 Å². The lowest BCUT2D eigenvalue weighted by Gasteiger charge is -2.27. The monoisotopic (exact) mass is 405 g/mol. The van der Waals surface area contributed by atoms with Gasteiger partial charge in [-0.05, 0) is 66.0 Å². The van der Waals surface area contributed by atoms with E-state index in [0.717, 1.165) is 11.1 Å². The van der Waals surface area contributed by atoms with Crippen molar-refractivity contribution in [3.05, 3.63) is 23.4 Å². The summed E-state index contributed by atoms with van der Waals surface area (Å²) in [5, 5.41) is 3.09. The lowest BCUT2D eigenvalue weighted by Crippen LogP contribution is -2.48. The number of hydrogen-bond acceptors (Lipinski definition) is 5. The molecule has 162 valence electrons. The van der Waals surface area contributed by atoms with E-state index in [1.165, 1.54) is 0 Å². The van der Waals surface area contributed by atoms with Gasteiger partial charge in [0.15, 0.2) is 0 Å². The fourth-order valence-corrected chi connectivity index (χ4v) is 3.16. The third kappa shape index (κ3) is 6.34. The topological polar surface area (TPSA) is 80.8 Å². The molecule has 1 fully saturated rings. The molecule has 29 heavy (non-hydrogen) atoms. The highest BCUT2D eigenvalue weighted by Crippen LogP contribution is 2.24. The molecule has 0 radical (unpaired) electrons. The van der Waals surface area contributed by atoms with Gasteiger partial charge in [-0.3, -0.25) is 4.79 Å². The Morgan fingerprint density at radius 2 is 1.86 bits per heavy atom. The van der Waals surface area contributed by atoms with Gasteiger partial charge in [-0.2, -0.15) is 0 Å². The molecule has 1 N–H and O–H groups in total. The number of likely N-dealkylation sites (tertiary alicyclic amines) is 1. The van der Waals surface area contributed by atoms with Crippen molar-refractivity contribution in [3.8, 4) is 5.88 Å². The van der Waals surface area contributed by atoms with Gasteiger partial charge in [-0.25, -0.2) is 9.78 Å². The average Bonchev–Trinajstić information content (AvgIpc) is 2.93. The van der Waals surface area contributed by atoms with Crippen LogP contribution in [0.1, 0.15) is 52.7 Å². The molecule has 2 atom stereocenters. The molecule has 7 heteroatoms. The maximum Gasteiger partial charge on any atom is 0.410 e. The van der Waals surface area contributed by atoms with E-state index >= 15 is 0 Å². The van der Waals surface area contributed by atoms with E-state index in [2.05, 4.69) is 10.3 Å². The molecule has 0 bridgehead atoms. The summed E-state index contributed by atoms with van der Waals surface area (Å²) >= 11 is 0. The lowest BCUT2D eigenvalue weighted by molar-refractivity contribution is -0.131. The molecule has 1 aliphatic heterocycles. The van der Waals surface area contributed by atoms with Crippen molar-refractivity contribution in [1.29, 1.82) is 0 Å². The number of hydrogen-bond donors (Lipinski definition) is 1. The summed E-state index contributed by atoms with van der Waals surface area (Å²) in [6.07, 6.45) is 1.41. The van der Waals surface area contributed by atoms with Gasteiger partial charge in [-0.1, -0.05) is 6.92 Å². The molecule has 2 heterocycles. The number of carbonyl (C=O) groups excluding carboxylic acids is 2. The van der Waals surface area contributed by atoms with E-state index < -0.39 is 11.0 Å². The van der Waals surface area contributed by atoms with E-state index in [1.807, 2.05) is 61.5 Å². The van der Waals surface area contributed by atoms with Gasteiger partial charge in [0.25, 0.3) is 0 Å². The van der Waals surface area contributed by atoms with E-state index in [1.54, 1.807) is 11.1 Å². The summed E-state index contributed by atoms with van der Waals surface area (Å²) in [5.74, 6) is 0.580. The van der Waals surface area contributed by atoms with Gasteiger partial charge >= 0.3 is 6.09 Å². The van der Waals surface area contributed by atoms with Crippen LogP contribution >= 0.6 is 0 Å². The Balaban J connectivity index is 1.93. The molecular weight excluding hydrogens is 370 g/mol. The Morgan fingerprint density at radius 3 is 2.45 bits per heavy atom. The fraction of sp³-hybridized carbons (Fsp3) is 0.682. The summed E-state index contributed by atoms with van der Waals surface area (Å²) in [6, 6.07) is 1.88. The summed E-state index contributed by atoms with van der Waals surface area (Å²) in [6.45, 7) is 16.4. The molecule has 7 nitrogen and oxygen atoms in total. The Labute approximate surface area is 174 Å². The minimum Gasteiger partial charge on any atom is -0.476 e.